The first-order chi connectivity index (χ1) is 6.63. The molecular formula is C10H19N3O. The topological polar surface area (TPSA) is 56.1 Å². The zero-order valence-corrected chi connectivity index (χ0v) is 9.21. The van der Waals surface area contributed by atoms with Crippen molar-refractivity contribution in [2.24, 2.45) is 0 Å². The molecule has 0 saturated carbocycles. The van der Waals surface area contributed by atoms with Crippen LogP contribution in [0.4, 0.5) is 0 Å². The maximum atomic E-state index is 11.5. The van der Waals surface area contributed by atoms with Gasteiger partial charge in [-0.1, -0.05) is 0 Å². The molecule has 0 aromatic carbocycles. The molecule has 1 N–H and O–H groups in total. The van der Waals surface area contributed by atoms with E-state index in [4.69, 9.17) is 5.26 Å². The molecule has 0 radical (unpaired) electrons. The van der Waals surface area contributed by atoms with Crippen LogP contribution in [0.15, 0.2) is 0 Å². The number of carbonyl (C=O) groups excluding carboxylic acids is 1. The molecule has 0 bridgehead atoms. The second-order valence-corrected chi connectivity index (χ2v) is 3.29. The molecule has 0 aromatic rings. The first-order valence-corrected chi connectivity index (χ1v) is 4.98. The van der Waals surface area contributed by atoms with Gasteiger partial charge >= 0.3 is 0 Å². The molecule has 1 atom stereocenters. The Labute approximate surface area is 85.9 Å². The van der Waals surface area contributed by atoms with Crippen molar-refractivity contribution in [1.82, 2.24) is 10.2 Å². The summed E-state index contributed by atoms with van der Waals surface area (Å²) in [4.78, 5) is 13.2. The van der Waals surface area contributed by atoms with Gasteiger partial charge in [-0.25, -0.2) is 0 Å². The Morgan fingerprint density at radius 3 is 2.79 bits per heavy atom. The smallest absolute Gasteiger partial charge is 0.239 e. The van der Waals surface area contributed by atoms with Crippen molar-refractivity contribution in [2.75, 3.05) is 20.1 Å². The van der Waals surface area contributed by atoms with Gasteiger partial charge in [0.25, 0.3) is 0 Å². The fourth-order valence-electron chi connectivity index (χ4n) is 1.06. The normalized spacial score (nSPS) is 11.9. The fraction of sp³-hybridized carbons (Fsp3) is 0.800. The van der Waals surface area contributed by atoms with Crippen LogP contribution in [0.5, 0.6) is 0 Å². The van der Waals surface area contributed by atoms with E-state index in [0.717, 1.165) is 19.5 Å². The number of nitrogens with zero attached hydrogens (tertiary/aromatic N) is 2. The molecule has 80 valence electrons. The number of nitriles is 1. The largest absolute Gasteiger partial charge is 0.345 e. The fourth-order valence-corrected chi connectivity index (χ4v) is 1.06. The lowest BCUT2D eigenvalue weighted by Gasteiger charge is -2.20. The summed E-state index contributed by atoms with van der Waals surface area (Å²) in [5.41, 5.74) is 0. The minimum Gasteiger partial charge on any atom is -0.345 e. The molecule has 0 aromatic heterocycles. The lowest BCUT2D eigenvalue weighted by atomic mass is 10.2. The SMILES string of the molecule is CCN(C)C(=O)C(C)NCCCC#N. The molecule has 4 heteroatoms. The van der Waals surface area contributed by atoms with Gasteiger partial charge in [-0.15, -0.1) is 0 Å². The first kappa shape index (κ1) is 12.9. The Bertz CT molecular complexity index is 210. The average molecular weight is 197 g/mol. The van der Waals surface area contributed by atoms with Crippen molar-refractivity contribution in [3.05, 3.63) is 0 Å². The van der Waals surface area contributed by atoms with Crippen LogP contribution in [0.2, 0.25) is 0 Å². The summed E-state index contributed by atoms with van der Waals surface area (Å²) < 4.78 is 0. The molecule has 0 aliphatic rings. The number of rotatable bonds is 6. The maximum absolute atomic E-state index is 11.5. The van der Waals surface area contributed by atoms with E-state index >= 15 is 0 Å². The van der Waals surface area contributed by atoms with Crippen molar-refractivity contribution >= 4 is 5.91 Å². The number of hydrogen-bond donors (Lipinski definition) is 1. The second kappa shape index (κ2) is 7.34. The quantitative estimate of drug-likeness (QED) is 0.639. The summed E-state index contributed by atoms with van der Waals surface area (Å²) in [6.07, 6.45) is 1.33. The highest BCUT2D eigenvalue weighted by Gasteiger charge is 2.14. The second-order valence-electron chi connectivity index (χ2n) is 3.29. The Kier molecular flexibility index (Phi) is 6.77. The van der Waals surface area contributed by atoms with E-state index in [9.17, 15) is 4.79 Å². The van der Waals surface area contributed by atoms with Crippen LogP contribution < -0.4 is 5.32 Å². The van der Waals surface area contributed by atoms with E-state index in [-0.39, 0.29) is 11.9 Å². The molecule has 0 rings (SSSR count). The van der Waals surface area contributed by atoms with Crippen molar-refractivity contribution in [3.63, 3.8) is 0 Å². The Morgan fingerprint density at radius 1 is 1.64 bits per heavy atom. The van der Waals surface area contributed by atoms with Gasteiger partial charge in [-0.05, 0) is 26.8 Å². The Morgan fingerprint density at radius 2 is 2.29 bits per heavy atom. The summed E-state index contributed by atoms with van der Waals surface area (Å²) >= 11 is 0. The maximum Gasteiger partial charge on any atom is 0.239 e. The third kappa shape index (κ3) is 4.83. The molecular weight excluding hydrogens is 178 g/mol. The van der Waals surface area contributed by atoms with Crippen molar-refractivity contribution in [3.8, 4) is 6.07 Å². The molecule has 0 fully saturated rings. The summed E-state index contributed by atoms with van der Waals surface area (Å²) in [5.74, 6) is 0.101. The number of unbranched alkanes of at least 4 members (excludes halogenated alkanes) is 1. The average Bonchev–Trinajstić information content (AvgIpc) is 2.21. The highest BCUT2D eigenvalue weighted by molar-refractivity contribution is 5.81. The van der Waals surface area contributed by atoms with Gasteiger partial charge in [0, 0.05) is 20.0 Å². The van der Waals surface area contributed by atoms with Gasteiger partial charge in [-0.2, -0.15) is 5.26 Å². The van der Waals surface area contributed by atoms with Gasteiger partial charge in [0.1, 0.15) is 0 Å². The van der Waals surface area contributed by atoms with Crippen molar-refractivity contribution in [1.29, 1.82) is 5.26 Å². The molecule has 0 heterocycles. The predicted molar refractivity (Wildman–Crippen MR) is 55.6 cm³/mol. The lowest BCUT2D eigenvalue weighted by Crippen LogP contribution is -2.43. The van der Waals surface area contributed by atoms with Gasteiger partial charge in [0.15, 0.2) is 0 Å². The van der Waals surface area contributed by atoms with E-state index in [0.29, 0.717) is 6.42 Å². The zero-order valence-electron chi connectivity index (χ0n) is 9.21. The number of amides is 1. The van der Waals surface area contributed by atoms with Crippen LogP contribution in [-0.2, 0) is 4.79 Å². The minimum absolute atomic E-state index is 0.101. The summed E-state index contributed by atoms with van der Waals surface area (Å²) in [5, 5.41) is 11.4. The Balaban J connectivity index is 3.68. The lowest BCUT2D eigenvalue weighted by molar-refractivity contribution is -0.131. The van der Waals surface area contributed by atoms with Crippen molar-refractivity contribution in [2.45, 2.75) is 32.7 Å². The Hall–Kier alpha value is -1.08. The van der Waals surface area contributed by atoms with Crippen molar-refractivity contribution < 1.29 is 4.79 Å². The van der Waals surface area contributed by atoms with Crippen LogP contribution in [0.3, 0.4) is 0 Å². The standard InChI is InChI=1S/C10H19N3O/c1-4-13(3)10(14)9(2)12-8-6-5-7-11/h9,12H,4-6,8H2,1-3H3. The summed E-state index contributed by atoms with van der Waals surface area (Å²) in [6, 6.07) is 1.92. The highest BCUT2D eigenvalue weighted by atomic mass is 16.2. The monoisotopic (exact) mass is 197 g/mol. The summed E-state index contributed by atoms with van der Waals surface area (Å²) in [6.45, 7) is 5.24. The van der Waals surface area contributed by atoms with E-state index in [1.807, 2.05) is 13.8 Å². The molecule has 1 amide bonds. The van der Waals surface area contributed by atoms with Crippen LogP contribution in [0.1, 0.15) is 26.7 Å². The van der Waals surface area contributed by atoms with Gasteiger partial charge in [-0.3, -0.25) is 4.79 Å². The third-order valence-corrected chi connectivity index (χ3v) is 2.14. The van der Waals surface area contributed by atoms with Crippen LogP contribution >= 0.6 is 0 Å². The molecule has 0 aliphatic heterocycles. The number of likely N-dealkylation sites (N-methyl/N-ethyl adjacent to an activating group) is 1. The van der Waals surface area contributed by atoms with Gasteiger partial charge < -0.3 is 10.2 Å². The van der Waals surface area contributed by atoms with E-state index in [2.05, 4.69) is 11.4 Å². The summed E-state index contributed by atoms with van der Waals surface area (Å²) in [7, 11) is 1.79. The molecule has 0 spiro atoms. The van der Waals surface area contributed by atoms with Crippen LogP contribution in [-0.4, -0.2) is 37.0 Å². The molecule has 0 aliphatic carbocycles. The first-order valence-electron chi connectivity index (χ1n) is 4.98. The molecule has 14 heavy (non-hydrogen) atoms. The van der Waals surface area contributed by atoms with E-state index in [1.165, 1.54) is 0 Å². The predicted octanol–water partition coefficient (Wildman–Crippen LogP) is 0.747. The highest BCUT2D eigenvalue weighted by Crippen LogP contribution is 1.92. The van der Waals surface area contributed by atoms with Gasteiger partial charge in [0.05, 0.1) is 12.1 Å². The van der Waals surface area contributed by atoms with Crippen LogP contribution in [0.25, 0.3) is 0 Å². The number of nitrogens with one attached hydrogen (secondary N) is 1. The van der Waals surface area contributed by atoms with Crippen LogP contribution in [0, 0.1) is 11.3 Å². The number of hydrogen-bond acceptors (Lipinski definition) is 3. The minimum atomic E-state index is -0.154. The molecule has 0 saturated heterocycles. The molecule has 4 nitrogen and oxygen atoms in total. The number of carbonyl (C=O) groups is 1. The zero-order chi connectivity index (χ0) is 11.0. The van der Waals surface area contributed by atoms with E-state index in [1.54, 1.807) is 11.9 Å². The van der Waals surface area contributed by atoms with E-state index < -0.39 is 0 Å². The van der Waals surface area contributed by atoms with Gasteiger partial charge in [0.2, 0.25) is 5.91 Å². The third-order valence-electron chi connectivity index (χ3n) is 2.14. The molecule has 1 unspecified atom stereocenters.